The van der Waals surface area contributed by atoms with Gasteiger partial charge in [-0.05, 0) is 114 Å². The molecule has 9 aromatic carbocycles. The molecule has 0 saturated carbocycles. The minimum atomic E-state index is -0.101. The minimum Gasteiger partial charge on any atom is -0.309 e. The largest absolute Gasteiger partial charge is 0.309 e. The third-order valence-electron chi connectivity index (χ3n) is 13.5. The second-order valence-corrected chi connectivity index (χ2v) is 17.7. The van der Waals surface area contributed by atoms with Crippen LogP contribution in [0.5, 0.6) is 0 Å². The van der Waals surface area contributed by atoms with Crippen LogP contribution in [0, 0.1) is 0 Å². The monoisotopic (exact) mass is 781 g/mol. The molecule has 61 heavy (non-hydrogen) atoms. The Bertz CT molecular complexity index is 3120. The maximum atomic E-state index is 2.49. The molecule has 2 aliphatic rings. The molecule has 0 N–H and O–H groups in total. The summed E-state index contributed by atoms with van der Waals surface area (Å²) in [6, 6.07) is 78.6. The summed E-state index contributed by atoms with van der Waals surface area (Å²) in [4.78, 5) is 2.49. The molecular weight excluding hydrogens is 735 g/mol. The molecule has 0 fully saturated rings. The first-order chi connectivity index (χ1) is 29.8. The molecule has 292 valence electrons. The van der Waals surface area contributed by atoms with E-state index in [0.717, 1.165) is 17.1 Å². The van der Waals surface area contributed by atoms with Crippen molar-refractivity contribution in [1.82, 2.24) is 0 Å². The van der Waals surface area contributed by atoms with E-state index in [2.05, 4.69) is 245 Å². The fraction of sp³-hybridized carbons (Fsp3) is 0.100. The molecule has 1 nitrogen and oxygen atoms in total. The molecule has 0 amide bonds. The van der Waals surface area contributed by atoms with Crippen molar-refractivity contribution in [2.75, 3.05) is 4.90 Å². The lowest BCUT2D eigenvalue weighted by Gasteiger charge is -2.31. The smallest absolute Gasteiger partial charge is 0.0540 e. The standard InChI is InChI=1S/C60H47N/c1-59(2)53-27-15-12-24-50(53)58-49(25-17-28-54(58)59)48-23-13-16-29-56(48)61(57-37-33-43(40-18-7-5-8-19-40)38-51(57)42-20-9-6-10-21-42)45-34-30-41(31-35-45)44-32-36-47-46-22-11-14-26-52(46)60(3,4)55(47)39-44/h5-39H,1-4H3. The van der Waals surface area contributed by atoms with E-state index in [4.69, 9.17) is 0 Å². The molecule has 0 spiro atoms. The summed E-state index contributed by atoms with van der Waals surface area (Å²) in [5.74, 6) is 0. The zero-order valence-corrected chi connectivity index (χ0v) is 35.2. The van der Waals surface area contributed by atoms with Crippen LogP contribution in [0.1, 0.15) is 49.9 Å². The quantitative estimate of drug-likeness (QED) is 0.156. The number of benzene rings is 9. The Morgan fingerprint density at radius 2 is 0.754 bits per heavy atom. The Kier molecular flexibility index (Phi) is 8.58. The van der Waals surface area contributed by atoms with Crippen LogP contribution in [0.25, 0.3) is 66.8 Å². The summed E-state index contributed by atoms with van der Waals surface area (Å²) in [7, 11) is 0. The summed E-state index contributed by atoms with van der Waals surface area (Å²) in [5, 5.41) is 0. The SMILES string of the molecule is CC1(C)c2ccccc2-c2ccc(-c3ccc(N(c4ccc(-c5ccccc5)cc4-c4ccccc4)c4ccccc4-c4cccc5c4-c4ccccc4C5(C)C)cc3)cc21. The number of nitrogens with zero attached hydrogens (tertiary/aromatic N) is 1. The summed E-state index contributed by atoms with van der Waals surface area (Å²) in [6.07, 6.45) is 0. The lowest BCUT2D eigenvalue weighted by Crippen LogP contribution is -2.15. The van der Waals surface area contributed by atoms with E-state index < -0.39 is 0 Å². The van der Waals surface area contributed by atoms with Gasteiger partial charge >= 0.3 is 0 Å². The zero-order valence-electron chi connectivity index (χ0n) is 35.2. The van der Waals surface area contributed by atoms with Gasteiger partial charge in [-0.2, -0.15) is 0 Å². The van der Waals surface area contributed by atoms with Crippen molar-refractivity contribution in [1.29, 1.82) is 0 Å². The minimum absolute atomic E-state index is 0.0600. The molecule has 0 aromatic heterocycles. The number of anilines is 3. The lowest BCUT2D eigenvalue weighted by molar-refractivity contribution is 0.660. The Labute approximate surface area is 360 Å². The first kappa shape index (κ1) is 36.8. The molecule has 0 aliphatic heterocycles. The normalized spacial score (nSPS) is 13.8. The van der Waals surface area contributed by atoms with Crippen LogP contribution >= 0.6 is 0 Å². The van der Waals surface area contributed by atoms with Crippen molar-refractivity contribution in [3.05, 3.63) is 235 Å². The van der Waals surface area contributed by atoms with Gasteiger partial charge in [-0.1, -0.05) is 204 Å². The molecule has 0 atom stereocenters. The summed E-state index contributed by atoms with van der Waals surface area (Å²) in [5.41, 5.74) is 23.7. The van der Waals surface area contributed by atoms with E-state index in [-0.39, 0.29) is 10.8 Å². The van der Waals surface area contributed by atoms with Gasteiger partial charge in [0, 0.05) is 27.6 Å². The Hall–Kier alpha value is -7.22. The summed E-state index contributed by atoms with van der Waals surface area (Å²) < 4.78 is 0. The van der Waals surface area contributed by atoms with Crippen LogP contribution in [0.2, 0.25) is 0 Å². The first-order valence-corrected chi connectivity index (χ1v) is 21.5. The van der Waals surface area contributed by atoms with Crippen molar-refractivity contribution >= 4 is 17.1 Å². The molecule has 0 bridgehead atoms. The highest BCUT2D eigenvalue weighted by molar-refractivity contribution is 6.00. The van der Waals surface area contributed by atoms with Gasteiger partial charge in [0.1, 0.15) is 0 Å². The predicted octanol–water partition coefficient (Wildman–Crippen LogP) is 16.4. The Balaban J connectivity index is 1.11. The van der Waals surface area contributed by atoms with Crippen LogP contribution in [-0.4, -0.2) is 0 Å². The molecule has 9 aromatic rings. The average molecular weight is 782 g/mol. The van der Waals surface area contributed by atoms with Gasteiger partial charge in [0.2, 0.25) is 0 Å². The maximum absolute atomic E-state index is 2.49. The number of para-hydroxylation sites is 1. The van der Waals surface area contributed by atoms with Gasteiger partial charge in [-0.15, -0.1) is 0 Å². The molecule has 0 saturated heterocycles. The summed E-state index contributed by atoms with van der Waals surface area (Å²) in [6.45, 7) is 9.44. The van der Waals surface area contributed by atoms with Crippen molar-refractivity contribution in [2.24, 2.45) is 0 Å². The van der Waals surface area contributed by atoms with Crippen LogP contribution in [-0.2, 0) is 10.8 Å². The van der Waals surface area contributed by atoms with Crippen LogP contribution in [0.4, 0.5) is 17.1 Å². The zero-order chi connectivity index (χ0) is 41.3. The van der Waals surface area contributed by atoms with E-state index >= 15 is 0 Å². The van der Waals surface area contributed by atoms with Crippen LogP contribution in [0.15, 0.2) is 212 Å². The van der Waals surface area contributed by atoms with Crippen LogP contribution < -0.4 is 4.90 Å². The molecular formula is C60H47N. The van der Waals surface area contributed by atoms with E-state index in [1.54, 1.807) is 0 Å². The van der Waals surface area contributed by atoms with E-state index in [1.807, 2.05) is 0 Å². The average Bonchev–Trinajstić information content (AvgIpc) is 3.69. The topological polar surface area (TPSA) is 3.24 Å². The fourth-order valence-electron chi connectivity index (χ4n) is 10.4. The highest BCUT2D eigenvalue weighted by Crippen LogP contribution is 2.55. The van der Waals surface area contributed by atoms with Gasteiger partial charge in [0.05, 0.1) is 11.4 Å². The maximum Gasteiger partial charge on any atom is 0.0540 e. The van der Waals surface area contributed by atoms with Crippen molar-refractivity contribution < 1.29 is 0 Å². The fourth-order valence-corrected chi connectivity index (χ4v) is 10.4. The highest BCUT2D eigenvalue weighted by atomic mass is 15.1. The van der Waals surface area contributed by atoms with Gasteiger partial charge in [0.25, 0.3) is 0 Å². The first-order valence-electron chi connectivity index (χ1n) is 21.5. The van der Waals surface area contributed by atoms with E-state index in [0.29, 0.717) is 0 Å². The lowest BCUT2D eigenvalue weighted by atomic mass is 9.81. The molecule has 0 unspecified atom stereocenters. The number of fused-ring (bicyclic) bond motifs is 6. The van der Waals surface area contributed by atoms with Crippen molar-refractivity contribution in [3.63, 3.8) is 0 Å². The number of hydrogen-bond donors (Lipinski definition) is 0. The second kappa shape index (κ2) is 14.2. The third kappa shape index (κ3) is 5.91. The molecule has 0 heterocycles. The van der Waals surface area contributed by atoms with Gasteiger partial charge in [0.15, 0.2) is 0 Å². The van der Waals surface area contributed by atoms with E-state index in [1.165, 1.54) is 89.0 Å². The Morgan fingerprint density at radius 1 is 0.279 bits per heavy atom. The Morgan fingerprint density at radius 3 is 1.49 bits per heavy atom. The van der Waals surface area contributed by atoms with Crippen LogP contribution in [0.3, 0.4) is 0 Å². The van der Waals surface area contributed by atoms with Gasteiger partial charge in [-0.25, -0.2) is 0 Å². The molecule has 11 rings (SSSR count). The predicted molar refractivity (Wildman–Crippen MR) is 258 cm³/mol. The highest BCUT2D eigenvalue weighted by Gasteiger charge is 2.38. The second-order valence-electron chi connectivity index (χ2n) is 17.7. The van der Waals surface area contributed by atoms with Gasteiger partial charge < -0.3 is 4.90 Å². The number of hydrogen-bond acceptors (Lipinski definition) is 1. The van der Waals surface area contributed by atoms with Crippen molar-refractivity contribution in [2.45, 2.75) is 38.5 Å². The number of rotatable bonds is 7. The summed E-state index contributed by atoms with van der Waals surface area (Å²) >= 11 is 0. The third-order valence-corrected chi connectivity index (χ3v) is 13.5. The molecule has 1 heteroatoms. The van der Waals surface area contributed by atoms with Crippen molar-refractivity contribution in [3.8, 4) is 66.8 Å². The molecule has 2 aliphatic carbocycles. The van der Waals surface area contributed by atoms with Gasteiger partial charge in [-0.3, -0.25) is 0 Å². The molecule has 0 radical (unpaired) electrons. The van der Waals surface area contributed by atoms with E-state index in [9.17, 15) is 0 Å².